The summed E-state index contributed by atoms with van der Waals surface area (Å²) in [6.07, 6.45) is 9.00. The van der Waals surface area contributed by atoms with Gasteiger partial charge in [-0.25, -0.2) is 0 Å². The number of likely N-dealkylation sites (tertiary alicyclic amines) is 1. The number of hydrogen-bond donors (Lipinski definition) is 0. The summed E-state index contributed by atoms with van der Waals surface area (Å²) in [5.41, 5.74) is 0. The van der Waals surface area contributed by atoms with Crippen LogP contribution in [0.5, 0.6) is 0 Å². The molecule has 1 saturated heterocycles. The van der Waals surface area contributed by atoms with Crippen molar-refractivity contribution in [3.05, 3.63) is 0 Å². The molecule has 0 N–H and O–H groups in total. The largest absolute Gasteiger partial charge is 0.303 e. The molecule has 0 spiro atoms. The second kappa shape index (κ2) is 5.34. The van der Waals surface area contributed by atoms with Crippen LogP contribution >= 0.6 is 0 Å². The predicted octanol–water partition coefficient (Wildman–Crippen LogP) is 3.54. The van der Waals surface area contributed by atoms with Gasteiger partial charge in [0.05, 0.1) is 0 Å². The van der Waals surface area contributed by atoms with Gasteiger partial charge in [0.25, 0.3) is 0 Å². The molecule has 0 aromatic heterocycles. The molecule has 2 rings (SSSR count). The van der Waals surface area contributed by atoms with E-state index in [1.165, 1.54) is 58.2 Å². The van der Waals surface area contributed by atoms with Crippen LogP contribution in [0.3, 0.4) is 0 Å². The Labute approximate surface area is 95.2 Å². The van der Waals surface area contributed by atoms with Gasteiger partial charge < -0.3 is 4.90 Å². The van der Waals surface area contributed by atoms with Crippen molar-refractivity contribution >= 4 is 0 Å². The number of hydrogen-bond acceptors (Lipinski definition) is 1. The summed E-state index contributed by atoms with van der Waals surface area (Å²) in [5.74, 6) is 3.02. The van der Waals surface area contributed by atoms with E-state index in [2.05, 4.69) is 18.7 Å². The van der Waals surface area contributed by atoms with Gasteiger partial charge in [-0.15, -0.1) is 0 Å². The molecule has 2 aliphatic rings. The summed E-state index contributed by atoms with van der Waals surface area (Å²) in [6, 6.07) is 0. The van der Waals surface area contributed by atoms with E-state index in [0.717, 1.165) is 17.8 Å². The first-order chi connectivity index (χ1) is 7.31. The minimum Gasteiger partial charge on any atom is -0.303 e. The molecule has 0 aromatic carbocycles. The third-order valence-electron chi connectivity index (χ3n) is 4.68. The SMILES string of the molecule is CCN1CC(C)C2CCCCCCC2C1. The Bertz CT molecular complexity index is 190. The lowest BCUT2D eigenvalue weighted by Crippen LogP contribution is -2.45. The van der Waals surface area contributed by atoms with Gasteiger partial charge in [-0.2, -0.15) is 0 Å². The van der Waals surface area contributed by atoms with Crippen LogP contribution in [0.25, 0.3) is 0 Å². The lowest BCUT2D eigenvalue weighted by Gasteiger charge is -2.43. The molecule has 15 heavy (non-hydrogen) atoms. The highest BCUT2D eigenvalue weighted by atomic mass is 15.1. The number of nitrogens with zero attached hydrogens (tertiary/aromatic N) is 1. The average molecular weight is 209 g/mol. The average Bonchev–Trinajstić information content (AvgIpc) is 2.19. The van der Waals surface area contributed by atoms with Crippen LogP contribution in [0.1, 0.15) is 52.4 Å². The van der Waals surface area contributed by atoms with Gasteiger partial charge in [-0.1, -0.05) is 39.5 Å². The van der Waals surface area contributed by atoms with Gasteiger partial charge in [0.15, 0.2) is 0 Å². The zero-order chi connectivity index (χ0) is 10.7. The van der Waals surface area contributed by atoms with Gasteiger partial charge in [0, 0.05) is 13.1 Å². The monoisotopic (exact) mass is 209 g/mol. The molecular weight excluding hydrogens is 182 g/mol. The molecule has 3 atom stereocenters. The van der Waals surface area contributed by atoms with Gasteiger partial charge >= 0.3 is 0 Å². The molecule has 1 heterocycles. The molecule has 88 valence electrons. The molecule has 0 aromatic rings. The van der Waals surface area contributed by atoms with E-state index in [4.69, 9.17) is 0 Å². The summed E-state index contributed by atoms with van der Waals surface area (Å²) in [5, 5.41) is 0. The van der Waals surface area contributed by atoms with Gasteiger partial charge in [-0.05, 0) is 37.1 Å². The fourth-order valence-electron chi connectivity index (χ4n) is 3.77. The van der Waals surface area contributed by atoms with Crippen LogP contribution in [0.15, 0.2) is 0 Å². The topological polar surface area (TPSA) is 3.24 Å². The Balaban J connectivity index is 1.98. The van der Waals surface area contributed by atoms with Crippen LogP contribution in [-0.2, 0) is 0 Å². The first-order valence-corrected chi connectivity index (χ1v) is 7.03. The molecule has 2 fully saturated rings. The smallest absolute Gasteiger partial charge is 0.00124 e. The van der Waals surface area contributed by atoms with Crippen LogP contribution in [-0.4, -0.2) is 24.5 Å². The Morgan fingerprint density at radius 1 is 1.00 bits per heavy atom. The highest BCUT2D eigenvalue weighted by Gasteiger charge is 2.33. The zero-order valence-corrected chi connectivity index (χ0v) is 10.5. The molecule has 0 radical (unpaired) electrons. The van der Waals surface area contributed by atoms with E-state index in [1.54, 1.807) is 0 Å². The van der Waals surface area contributed by atoms with Crippen LogP contribution in [0, 0.1) is 17.8 Å². The maximum Gasteiger partial charge on any atom is 0.00124 e. The maximum atomic E-state index is 2.67. The summed E-state index contributed by atoms with van der Waals surface area (Å²) >= 11 is 0. The van der Waals surface area contributed by atoms with E-state index >= 15 is 0 Å². The first-order valence-electron chi connectivity index (χ1n) is 7.03. The summed E-state index contributed by atoms with van der Waals surface area (Å²) < 4.78 is 0. The normalized spacial score (nSPS) is 39.2. The molecule has 1 nitrogen and oxygen atoms in total. The molecular formula is C14H27N. The van der Waals surface area contributed by atoms with E-state index in [-0.39, 0.29) is 0 Å². The van der Waals surface area contributed by atoms with E-state index in [9.17, 15) is 0 Å². The van der Waals surface area contributed by atoms with Crippen LogP contribution < -0.4 is 0 Å². The molecule has 1 aliphatic carbocycles. The van der Waals surface area contributed by atoms with Crippen LogP contribution in [0.4, 0.5) is 0 Å². The molecule has 0 amide bonds. The number of fused-ring (bicyclic) bond motifs is 1. The van der Waals surface area contributed by atoms with Crippen molar-refractivity contribution in [2.24, 2.45) is 17.8 Å². The minimum absolute atomic E-state index is 0.946. The minimum atomic E-state index is 0.946. The molecule has 3 unspecified atom stereocenters. The Hall–Kier alpha value is -0.0400. The van der Waals surface area contributed by atoms with Crippen molar-refractivity contribution in [2.45, 2.75) is 52.4 Å². The highest BCUT2D eigenvalue weighted by Crippen LogP contribution is 2.37. The van der Waals surface area contributed by atoms with E-state index in [0.29, 0.717) is 0 Å². The van der Waals surface area contributed by atoms with Crippen molar-refractivity contribution in [3.63, 3.8) is 0 Å². The number of piperidine rings is 1. The van der Waals surface area contributed by atoms with Gasteiger partial charge in [0.1, 0.15) is 0 Å². The molecule has 1 heteroatoms. The third kappa shape index (κ3) is 2.75. The molecule has 0 bridgehead atoms. The van der Waals surface area contributed by atoms with Gasteiger partial charge in [0.2, 0.25) is 0 Å². The van der Waals surface area contributed by atoms with E-state index < -0.39 is 0 Å². The van der Waals surface area contributed by atoms with Crippen LogP contribution in [0.2, 0.25) is 0 Å². The molecule has 1 aliphatic heterocycles. The van der Waals surface area contributed by atoms with Crippen molar-refractivity contribution in [2.75, 3.05) is 19.6 Å². The predicted molar refractivity (Wildman–Crippen MR) is 66.0 cm³/mol. The lowest BCUT2D eigenvalue weighted by atomic mass is 9.72. The standard InChI is InChI=1S/C14H27N/c1-3-15-10-12(2)14-9-7-5-4-6-8-13(14)11-15/h12-14H,3-11H2,1-2H3. The Morgan fingerprint density at radius 3 is 2.47 bits per heavy atom. The van der Waals surface area contributed by atoms with Crippen molar-refractivity contribution < 1.29 is 0 Å². The maximum absolute atomic E-state index is 2.67. The second-order valence-corrected chi connectivity index (χ2v) is 5.74. The fraction of sp³-hybridized carbons (Fsp3) is 1.00. The number of rotatable bonds is 1. The van der Waals surface area contributed by atoms with E-state index in [1.807, 2.05) is 0 Å². The Morgan fingerprint density at radius 2 is 1.73 bits per heavy atom. The summed E-state index contributed by atoms with van der Waals surface area (Å²) in [7, 11) is 0. The van der Waals surface area contributed by atoms with Crippen molar-refractivity contribution in [1.29, 1.82) is 0 Å². The van der Waals surface area contributed by atoms with Gasteiger partial charge in [-0.3, -0.25) is 0 Å². The summed E-state index contributed by atoms with van der Waals surface area (Å²) in [6.45, 7) is 8.81. The highest BCUT2D eigenvalue weighted by molar-refractivity contribution is 4.85. The molecule has 1 saturated carbocycles. The summed E-state index contributed by atoms with van der Waals surface area (Å²) in [4.78, 5) is 2.67. The first kappa shape index (κ1) is 11.4. The van der Waals surface area contributed by atoms with Crippen molar-refractivity contribution in [3.8, 4) is 0 Å². The third-order valence-corrected chi connectivity index (χ3v) is 4.68. The Kier molecular flexibility index (Phi) is 4.07. The lowest BCUT2D eigenvalue weighted by molar-refractivity contribution is 0.0557. The zero-order valence-electron chi connectivity index (χ0n) is 10.5. The van der Waals surface area contributed by atoms with Crippen molar-refractivity contribution in [1.82, 2.24) is 4.90 Å². The second-order valence-electron chi connectivity index (χ2n) is 5.74. The quantitative estimate of drug-likeness (QED) is 0.638. The fourth-order valence-corrected chi connectivity index (χ4v) is 3.77.